The van der Waals surface area contributed by atoms with Crippen LogP contribution in [0.3, 0.4) is 0 Å². The zero-order valence-electron chi connectivity index (χ0n) is 14.4. The van der Waals surface area contributed by atoms with E-state index in [0.29, 0.717) is 36.0 Å². The van der Waals surface area contributed by atoms with Crippen molar-refractivity contribution in [1.82, 2.24) is 15.6 Å². The number of methoxy groups -OCH3 is 1. The summed E-state index contributed by atoms with van der Waals surface area (Å²) in [6, 6.07) is 9.90. The minimum Gasteiger partial charge on any atom is -0.493 e. The molecule has 1 aliphatic heterocycles. The van der Waals surface area contributed by atoms with Crippen LogP contribution < -0.4 is 25.4 Å². The van der Waals surface area contributed by atoms with Crippen molar-refractivity contribution in [2.45, 2.75) is 18.6 Å². The Kier molecular flexibility index (Phi) is 5.88. The molecule has 0 unspecified atom stereocenters. The molecule has 2 amide bonds. The molecule has 8 nitrogen and oxygen atoms in total. The molecule has 1 aromatic heterocycles. The summed E-state index contributed by atoms with van der Waals surface area (Å²) in [4.78, 5) is 16.2. The summed E-state index contributed by atoms with van der Waals surface area (Å²) in [7, 11) is 1.57. The molecule has 3 rings (SSSR count). The van der Waals surface area contributed by atoms with Gasteiger partial charge in [-0.15, -0.1) is 0 Å². The second-order valence-corrected chi connectivity index (χ2v) is 5.90. The number of aromatic nitrogens is 1. The Morgan fingerprint density at radius 1 is 1.27 bits per heavy atom. The van der Waals surface area contributed by atoms with Gasteiger partial charge < -0.3 is 30.5 Å². The fourth-order valence-corrected chi connectivity index (χ4v) is 2.66. The van der Waals surface area contributed by atoms with E-state index in [1.54, 1.807) is 31.4 Å². The summed E-state index contributed by atoms with van der Waals surface area (Å²) in [5.41, 5.74) is 0.521. The number of hydrogen-bond donors (Lipinski definition) is 4. The quantitative estimate of drug-likeness (QED) is 0.649. The lowest BCUT2D eigenvalue weighted by atomic mass is 10.0. The normalized spacial score (nSPS) is 19.5. The maximum atomic E-state index is 12.0. The Bertz CT molecular complexity index is 738. The van der Waals surface area contributed by atoms with Crippen LogP contribution in [0.15, 0.2) is 42.6 Å². The highest BCUT2D eigenvalue weighted by molar-refractivity contribution is 5.89. The predicted octanol–water partition coefficient (Wildman–Crippen LogP) is 1.73. The number of piperidine rings is 1. The van der Waals surface area contributed by atoms with E-state index in [9.17, 15) is 9.90 Å². The molecular weight excluding hydrogens is 336 g/mol. The molecule has 1 fully saturated rings. The Labute approximate surface area is 151 Å². The van der Waals surface area contributed by atoms with Crippen LogP contribution in [0, 0.1) is 0 Å². The number of carbonyl (C=O) groups is 1. The van der Waals surface area contributed by atoms with Gasteiger partial charge in [0.1, 0.15) is 0 Å². The lowest BCUT2D eigenvalue weighted by Crippen LogP contribution is -2.54. The molecule has 2 heterocycles. The van der Waals surface area contributed by atoms with Gasteiger partial charge in [-0.05, 0) is 31.2 Å². The SMILES string of the molecule is COc1ccccc1Oc1ccc(NC(=O)N[C@@H]2CNCC[C@H]2O)cn1. The number of hydrogen-bond acceptors (Lipinski definition) is 6. The fourth-order valence-electron chi connectivity index (χ4n) is 2.66. The number of nitrogens with one attached hydrogen (secondary N) is 3. The minimum absolute atomic E-state index is 0.315. The predicted molar refractivity (Wildman–Crippen MR) is 96.7 cm³/mol. The third kappa shape index (κ3) is 4.62. The Balaban J connectivity index is 1.56. The lowest BCUT2D eigenvalue weighted by Gasteiger charge is -2.29. The van der Waals surface area contributed by atoms with Gasteiger partial charge in [0.25, 0.3) is 0 Å². The number of carbonyl (C=O) groups excluding carboxylic acids is 1. The van der Waals surface area contributed by atoms with Gasteiger partial charge in [0, 0.05) is 12.6 Å². The molecule has 0 radical (unpaired) electrons. The number of nitrogens with zero attached hydrogens (tertiary/aromatic N) is 1. The number of urea groups is 1. The molecule has 1 aromatic carbocycles. The Morgan fingerprint density at radius 2 is 2.08 bits per heavy atom. The number of amides is 2. The van der Waals surface area contributed by atoms with Gasteiger partial charge in [0.05, 0.1) is 31.1 Å². The van der Waals surface area contributed by atoms with Crippen LogP contribution in [0.1, 0.15) is 6.42 Å². The summed E-state index contributed by atoms with van der Waals surface area (Å²) in [6.07, 6.45) is 1.57. The molecule has 26 heavy (non-hydrogen) atoms. The first kappa shape index (κ1) is 18.0. The number of pyridine rings is 1. The third-order valence-corrected chi connectivity index (χ3v) is 4.04. The topological polar surface area (TPSA) is 105 Å². The number of benzene rings is 1. The summed E-state index contributed by atoms with van der Waals surface area (Å²) in [5, 5.41) is 18.5. The number of aliphatic hydroxyl groups is 1. The van der Waals surface area contributed by atoms with Crippen LogP contribution in [0.5, 0.6) is 17.4 Å². The fraction of sp³-hybridized carbons (Fsp3) is 0.333. The molecule has 138 valence electrons. The van der Waals surface area contributed by atoms with Gasteiger partial charge >= 0.3 is 6.03 Å². The molecule has 0 aliphatic carbocycles. The van der Waals surface area contributed by atoms with Gasteiger partial charge in [-0.1, -0.05) is 12.1 Å². The molecule has 1 saturated heterocycles. The maximum absolute atomic E-state index is 12.0. The second kappa shape index (κ2) is 8.50. The van der Waals surface area contributed by atoms with Gasteiger partial charge in [-0.2, -0.15) is 0 Å². The number of rotatable bonds is 5. The molecule has 0 bridgehead atoms. The van der Waals surface area contributed by atoms with E-state index < -0.39 is 12.1 Å². The zero-order valence-corrected chi connectivity index (χ0v) is 14.4. The number of anilines is 1. The van der Waals surface area contributed by atoms with Crippen LogP contribution in [0.25, 0.3) is 0 Å². The lowest BCUT2D eigenvalue weighted by molar-refractivity contribution is 0.103. The van der Waals surface area contributed by atoms with E-state index >= 15 is 0 Å². The minimum atomic E-state index is -0.545. The van der Waals surface area contributed by atoms with Crippen molar-refractivity contribution in [3.63, 3.8) is 0 Å². The molecule has 4 N–H and O–H groups in total. The number of aliphatic hydroxyl groups excluding tert-OH is 1. The van der Waals surface area contributed by atoms with E-state index in [1.165, 1.54) is 6.20 Å². The van der Waals surface area contributed by atoms with Crippen LogP contribution >= 0.6 is 0 Å². The smallest absolute Gasteiger partial charge is 0.319 e. The summed E-state index contributed by atoms with van der Waals surface area (Å²) >= 11 is 0. The second-order valence-electron chi connectivity index (χ2n) is 5.90. The Hall–Kier alpha value is -2.84. The number of para-hydroxylation sites is 2. The van der Waals surface area contributed by atoms with Crippen LogP contribution in [-0.2, 0) is 0 Å². The summed E-state index contributed by atoms with van der Waals surface area (Å²) in [5.74, 6) is 1.54. The summed E-state index contributed by atoms with van der Waals surface area (Å²) < 4.78 is 10.9. The van der Waals surface area contributed by atoms with Crippen molar-refractivity contribution in [3.05, 3.63) is 42.6 Å². The largest absolute Gasteiger partial charge is 0.493 e. The monoisotopic (exact) mass is 358 g/mol. The average Bonchev–Trinajstić information content (AvgIpc) is 2.66. The van der Waals surface area contributed by atoms with Crippen molar-refractivity contribution in [2.75, 3.05) is 25.5 Å². The highest BCUT2D eigenvalue weighted by Crippen LogP contribution is 2.30. The molecule has 0 spiro atoms. The van der Waals surface area contributed by atoms with E-state index in [-0.39, 0.29) is 6.04 Å². The van der Waals surface area contributed by atoms with Crippen molar-refractivity contribution < 1.29 is 19.4 Å². The van der Waals surface area contributed by atoms with Gasteiger partial charge in [0.2, 0.25) is 5.88 Å². The van der Waals surface area contributed by atoms with Crippen molar-refractivity contribution >= 4 is 11.7 Å². The van der Waals surface area contributed by atoms with E-state index in [2.05, 4.69) is 20.9 Å². The van der Waals surface area contributed by atoms with Crippen molar-refractivity contribution in [3.8, 4) is 17.4 Å². The molecule has 1 aliphatic rings. The van der Waals surface area contributed by atoms with E-state index in [0.717, 1.165) is 6.54 Å². The number of ether oxygens (including phenoxy) is 2. The third-order valence-electron chi connectivity index (χ3n) is 4.04. The molecule has 2 atom stereocenters. The van der Waals surface area contributed by atoms with Gasteiger partial charge in [-0.3, -0.25) is 0 Å². The standard InChI is InChI=1S/C18H22N4O4/c1-25-15-4-2-3-5-16(15)26-17-7-6-12(10-20-17)21-18(24)22-13-11-19-9-8-14(13)23/h2-7,10,13-14,19,23H,8-9,11H2,1H3,(H2,21,22,24)/t13-,14-/m1/s1. The maximum Gasteiger partial charge on any atom is 0.319 e. The highest BCUT2D eigenvalue weighted by Gasteiger charge is 2.24. The van der Waals surface area contributed by atoms with Gasteiger partial charge in [-0.25, -0.2) is 9.78 Å². The molecular formula is C18H22N4O4. The molecule has 0 saturated carbocycles. The van der Waals surface area contributed by atoms with E-state index in [4.69, 9.17) is 9.47 Å². The van der Waals surface area contributed by atoms with Crippen LogP contribution in [0.4, 0.5) is 10.5 Å². The molecule has 2 aromatic rings. The molecule has 8 heteroatoms. The average molecular weight is 358 g/mol. The highest BCUT2D eigenvalue weighted by atomic mass is 16.5. The van der Waals surface area contributed by atoms with Crippen LogP contribution in [-0.4, -0.2) is 48.5 Å². The first-order chi connectivity index (χ1) is 12.7. The van der Waals surface area contributed by atoms with Crippen molar-refractivity contribution in [2.24, 2.45) is 0 Å². The van der Waals surface area contributed by atoms with Gasteiger partial charge in [0.15, 0.2) is 11.5 Å². The first-order valence-corrected chi connectivity index (χ1v) is 8.39. The first-order valence-electron chi connectivity index (χ1n) is 8.39. The summed E-state index contributed by atoms with van der Waals surface area (Å²) in [6.45, 7) is 1.29. The zero-order chi connectivity index (χ0) is 18.4. The Morgan fingerprint density at radius 3 is 2.77 bits per heavy atom. The van der Waals surface area contributed by atoms with Crippen molar-refractivity contribution in [1.29, 1.82) is 0 Å². The van der Waals surface area contributed by atoms with Crippen LogP contribution in [0.2, 0.25) is 0 Å². The van der Waals surface area contributed by atoms with E-state index in [1.807, 2.05) is 12.1 Å².